The Morgan fingerprint density at radius 1 is 1.05 bits per heavy atom. The van der Waals surface area contributed by atoms with Gasteiger partial charge in [-0.3, -0.25) is 0 Å². The molecule has 0 heterocycles. The van der Waals surface area contributed by atoms with Gasteiger partial charge in [0.25, 0.3) is 0 Å². The molecule has 0 amide bonds. The molecule has 0 bridgehead atoms. The third-order valence-electron chi connectivity index (χ3n) is 6.27. The van der Waals surface area contributed by atoms with E-state index in [9.17, 15) is 0 Å². The molecule has 1 aromatic carbocycles. The van der Waals surface area contributed by atoms with E-state index in [1.165, 1.54) is 25.3 Å². The van der Waals surface area contributed by atoms with E-state index in [-0.39, 0.29) is 0 Å². The molecular weight excluding hydrogens is 280 g/mol. The summed E-state index contributed by atoms with van der Waals surface area (Å²) in [6.45, 7) is 7.48. The van der Waals surface area contributed by atoms with Gasteiger partial charge in [-0.25, -0.2) is 0 Å². The highest BCUT2D eigenvalue weighted by atomic mass is 28.3. The molecule has 0 N–H and O–H groups in total. The summed E-state index contributed by atoms with van der Waals surface area (Å²) < 4.78 is 0. The summed E-state index contributed by atoms with van der Waals surface area (Å²) in [7, 11) is -1.45. The van der Waals surface area contributed by atoms with E-state index in [0.717, 1.165) is 23.3 Å². The van der Waals surface area contributed by atoms with Crippen LogP contribution >= 0.6 is 0 Å². The van der Waals surface area contributed by atoms with Crippen molar-refractivity contribution in [2.45, 2.75) is 51.2 Å². The van der Waals surface area contributed by atoms with Gasteiger partial charge in [-0.2, -0.15) is 0 Å². The van der Waals surface area contributed by atoms with E-state index in [1.54, 1.807) is 5.19 Å². The van der Waals surface area contributed by atoms with Crippen LogP contribution < -0.4 is 5.19 Å². The van der Waals surface area contributed by atoms with Gasteiger partial charge in [-0.05, 0) is 29.7 Å². The summed E-state index contributed by atoms with van der Waals surface area (Å²) in [6.07, 6.45) is 13.7. The fourth-order valence-corrected chi connectivity index (χ4v) is 10.1. The third kappa shape index (κ3) is 2.76. The van der Waals surface area contributed by atoms with Gasteiger partial charge < -0.3 is 0 Å². The van der Waals surface area contributed by atoms with Crippen LogP contribution in [0.4, 0.5) is 0 Å². The van der Waals surface area contributed by atoms with Gasteiger partial charge >= 0.3 is 0 Å². The molecule has 1 heteroatoms. The van der Waals surface area contributed by atoms with E-state index in [0.29, 0.717) is 0 Å². The molecule has 2 aliphatic carbocycles. The molecule has 2 aliphatic rings. The predicted molar refractivity (Wildman–Crippen MR) is 100 cm³/mol. The molecule has 0 radical (unpaired) electrons. The molecule has 1 fully saturated rings. The van der Waals surface area contributed by atoms with Crippen molar-refractivity contribution in [2.24, 2.45) is 17.8 Å². The molecule has 0 nitrogen and oxygen atoms in total. The number of hydrogen-bond acceptors (Lipinski definition) is 0. The van der Waals surface area contributed by atoms with Gasteiger partial charge in [0.1, 0.15) is 0 Å². The van der Waals surface area contributed by atoms with Crippen LogP contribution in [0.1, 0.15) is 33.1 Å². The largest absolute Gasteiger partial charge is 0.0873 e. The highest BCUT2D eigenvalue weighted by molar-refractivity contribution is 6.92. The standard InChI is InChI=1S/C21H30Si/c1-4-5-15-22(3,18-11-7-6-8-12-18)21-16-17(2)19-13-9-10-14-20(19)21/h6-14,17,19-21H,4-5,15-16H2,1-3H3. The fraction of sp³-hybridized carbons (Fsp3) is 0.524. The van der Waals surface area contributed by atoms with Crippen molar-refractivity contribution in [1.82, 2.24) is 0 Å². The Labute approximate surface area is 137 Å². The number of hydrogen-bond donors (Lipinski definition) is 0. The van der Waals surface area contributed by atoms with E-state index < -0.39 is 8.07 Å². The van der Waals surface area contributed by atoms with Crippen LogP contribution in [0.2, 0.25) is 18.1 Å². The van der Waals surface area contributed by atoms with Crippen molar-refractivity contribution >= 4 is 13.3 Å². The van der Waals surface area contributed by atoms with E-state index in [2.05, 4.69) is 75.0 Å². The van der Waals surface area contributed by atoms with Gasteiger partial charge in [0, 0.05) is 0 Å². The quantitative estimate of drug-likeness (QED) is 0.626. The molecule has 3 rings (SSSR count). The second-order valence-electron chi connectivity index (χ2n) is 7.63. The first-order valence-electron chi connectivity index (χ1n) is 9.07. The van der Waals surface area contributed by atoms with Gasteiger partial charge in [0.05, 0.1) is 8.07 Å². The Kier molecular flexibility index (Phi) is 4.72. The zero-order valence-corrected chi connectivity index (χ0v) is 15.3. The Morgan fingerprint density at radius 3 is 2.41 bits per heavy atom. The maximum absolute atomic E-state index is 2.67. The van der Waals surface area contributed by atoms with Crippen molar-refractivity contribution in [3.63, 3.8) is 0 Å². The number of allylic oxidation sites excluding steroid dienone is 4. The van der Waals surface area contributed by atoms with Crippen molar-refractivity contribution < 1.29 is 0 Å². The summed E-state index contributed by atoms with van der Waals surface area (Å²) in [6, 6.07) is 13.0. The topological polar surface area (TPSA) is 0 Å². The monoisotopic (exact) mass is 310 g/mol. The first kappa shape index (κ1) is 15.8. The molecule has 1 aromatic rings. The van der Waals surface area contributed by atoms with Crippen molar-refractivity contribution in [3.8, 4) is 0 Å². The first-order valence-corrected chi connectivity index (χ1v) is 11.9. The summed E-state index contributed by atoms with van der Waals surface area (Å²) in [5, 5.41) is 1.68. The third-order valence-corrected chi connectivity index (χ3v) is 11.6. The van der Waals surface area contributed by atoms with Crippen molar-refractivity contribution in [2.75, 3.05) is 0 Å². The zero-order valence-electron chi connectivity index (χ0n) is 14.3. The van der Waals surface area contributed by atoms with Crippen LogP contribution in [0, 0.1) is 17.8 Å². The van der Waals surface area contributed by atoms with Crippen molar-refractivity contribution in [3.05, 3.63) is 54.6 Å². The van der Waals surface area contributed by atoms with Gasteiger partial charge in [0.15, 0.2) is 0 Å². The smallest absolute Gasteiger partial charge is 0.0808 e. The lowest BCUT2D eigenvalue weighted by Gasteiger charge is -2.38. The Balaban J connectivity index is 1.96. The number of unbranched alkanes of at least 4 members (excludes halogenated alkanes) is 1. The van der Waals surface area contributed by atoms with Crippen LogP contribution in [-0.4, -0.2) is 8.07 Å². The molecule has 0 saturated heterocycles. The molecule has 22 heavy (non-hydrogen) atoms. The maximum Gasteiger partial charge on any atom is 0.0873 e. The highest BCUT2D eigenvalue weighted by Crippen LogP contribution is 2.53. The average Bonchev–Trinajstić information content (AvgIpc) is 2.91. The normalized spacial score (nSPS) is 32.7. The second-order valence-corrected chi connectivity index (χ2v) is 12.3. The van der Waals surface area contributed by atoms with Crippen LogP contribution in [0.3, 0.4) is 0 Å². The van der Waals surface area contributed by atoms with Crippen LogP contribution in [-0.2, 0) is 0 Å². The minimum absolute atomic E-state index is 0.784. The SMILES string of the molecule is CCCC[Si](C)(c1ccccc1)C1CC(C)C2C=CC=CC21. The Morgan fingerprint density at radius 2 is 1.73 bits per heavy atom. The Bertz CT molecular complexity index is 544. The molecule has 1 saturated carbocycles. The zero-order chi connectivity index (χ0) is 15.6. The van der Waals surface area contributed by atoms with E-state index in [1.807, 2.05) is 0 Å². The van der Waals surface area contributed by atoms with E-state index in [4.69, 9.17) is 0 Å². The predicted octanol–water partition coefficient (Wildman–Crippen LogP) is 5.54. The highest BCUT2D eigenvalue weighted by Gasteiger charge is 2.49. The summed E-state index contributed by atoms with van der Waals surface area (Å²) in [5.41, 5.74) is 0.905. The number of benzene rings is 1. The molecule has 5 unspecified atom stereocenters. The first-order chi connectivity index (χ1) is 10.7. The van der Waals surface area contributed by atoms with Gasteiger partial charge in [0.2, 0.25) is 0 Å². The van der Waals surface area contributed by atoms with Crippen LogP contribution in [0.5, 0.6) is 0 Å². The summed E-state index contributed by atoms with van der Waals surface area (Å²) in [4.78, 5) is 0. The molecule has 0 aliphatic heterocycles. The minimum Gasteiger partial charge on any atom is -0.0808 e. The summed E-state index contributed by atoms with van der Waals surface area (Å²) in [5.74, 6) is 2.41. The maximum atomic E-state index is 2.67. The molecule has 5 atom stereocenters. The van der Waals surface area contributed by atoms with Crippen molar-refractivity contribution in [1.29, 1.82) is 0 Å². The average molecular weight is 311 g/mol. The summed E-state index contributed by atoms with van der Waals surface area (Å²) >= 11 is 0. The lowest BCUT2D eigenvalue weighted by molar-refractivity contribution is 0.450. The van der Waals surface area contributed by atoms with Crippen LogP contribution in [0.15, 0.2) is 54.6 Å². The number of fused-ring (bicyclic) bond motifs is 1. The van der Waals surface area contributed by atoms with Crippen LogP contribution in [0.25, 0.3) is 0 Å². The molecule has 118 valence electrons. The molecule has 0 aromatic heterocycles. The molecule has 0 spiro atoms. The van der Waals surface area contributed by atoms with Gasteiger partial charge in [-0.1, -0.05) is 99.1 Å². The fourth-order valence-electron chi connectivity index (χ4n) is 4.92. The van der Waals surface area contributed by atoms with Gasteiger partial charge in [-0.15, -0.1) is 0 Å². The van der Waals surface area contributed by atoms with E-state index >= 15 is 0 Å². The second kappa shape index (κ2) is 6.58. The molecular formula is C21H30Si. The minimum atomic E-state index is -1.45. The number of rotatable bonds is 5. The Hall–Kier alpha value is -1.08. The lowest BCUT2D eigenvalue weighted by Crippen LogP contribution is -2.50. The lowest BCUT2D eigenvalue weighted by atomic mass is 9.87.